The molecule has 4 heterocycles. The van der Waals surface area contributed by atoms with Gasteiger partial charge in [-0.05, 0) is 81.0 Å². The van der Waals surface area contributed by atoms with Crippen molar-refractivity contribution in [2.45, 2.75) is 108 Å². The van der Waals surface area contributed by atoms with Gasteiger partial charge < -0.3 is 14.2 Å². The molecule has 1 aromatic carbocycles. The van der Waals surface area contributed by atoms with E-state index in [9.17, 15) is 14.4 Å². The van der Waals surface area contributed by atoms with E-state index in [1.807, 2.05) is 28.8 Å². The smallest absolute Gasteiger partial charge is 0.305 e. The van der Waals surface area contributed by atoms with Crippen molar-refractivity contribution in [3.63, 3.8) is 0 Å². The minimum absolute atomic E-state index is 0.0501. The molecule has 8 heteroatoms. The van der Waals surface area contributed by atoms with E-state index >= 15 is 0 Å². The summed E-state index contributed by atoms with van der Waals surface area (Å²) in [5.74, 6) is 0.818. The molecule has 4 aliphatic rings. The third kappa shape index (κ3) is 4.94. The monoisotopic (exact) mass is 556 g/mol. The zero-order valence-corrected chi connectivity index (χ0v) is 23.7. The molecule has 0 spiro atoms. The van der Waals surface area contributed by atoms with Crippen LogP contribution in [0.2, 0.25) is 0 Å². The Hall–Kier alpha value is -3.26. The van der Waals surface area contributed by atoms with Gasteiger partial charge in [0.05, 0.1) is 23.0 Å². The number of para-hydroxylation sites is 2. The molecule has 41 heavy (non-hydrogen) atoms. The number of carboxylic acids is 1. The average Bonchev–Trinajstić information content (AvgIpc) is 2.95. The number of nitrogens with zero attached hydrogens (tertiary/aromatic N) is 4. The largest absolute Gasteiger partial charge is 0.481 e. The Kier molecular flexibility index (Phi) is 7.05. The average molecular weight is 557 g/mol. The predicted molar refractivity (Wildman–Crippen MR) is 158 cm³/mol. The molecule has 7 rings (SSSR count). The lowest BCUT2D eigenvalue weighted by Gasteiger charge is -2.55. The molecule has 4 bridgehead atoms. The van der Waals surface area contributed by atoms with Crippen LogP contribution >= 0.6 is 0 Å². The van der Waals surface area contributed by atoms with E-state index < -0.39 is 5.97 Å². The van der Waals surface area contributed by atoms with Crippen LogP contribution in [-0.4, -0.2) is 48.2 Å². The van der Waals surface area contributed by atoms with Crippen molar-refractivity contribution in [3.05, 3.63) is 63.3 Å². The molecule has 2 saturated heterocycles. The highest BCUT2D eigenvalue weighted by Gasteiger charge is 2.45. The maximum atomic E-state index is 14.3. The van der Waals surface area contributed by atoms with E-state index in [1.165, 1.54) is 62.4 Å². The van der Waals surface area contributed by atoms with E-state index in [4.69, 9.17) is 10.1 Å². The molecule has 0 radical (unpaired) electrons. The summed E-state index contributed by atoms with van der Waals surface area (Å²) < 4.78 is 3.32. The summed E-state index contributed by atoms with van der Waals surface area (Å²) in [4.78, 5) is 46.4. The second kappa shape index (κ2) is 10.9. The second-order valence-electron chi connectivity index (χ2n) is 13.0. The number of fused-ring (bicyclic) bond motifs is 5. The number of pyridine rings is 1. The van der Waals surface area contributed by atoms with Crippen LogP contribution in [0.1, 0.15) is 83.1 Å². The molecule has 2 aliphatic carbocycles. The first-order valence-corrected chi connectivity index (χ1v) is 15.7. The fourth-order valence-electron chi connectivity index (χ4n) is 8.94. The Morgan fingerprint density at radius 2 is 1.51 bits per heavy atom. The molecule has 6 atom stereocenters. The Morgan fingerprint density at radius 3 is 2.24 bits per heavy atom. The van der Waals surface area contributed by atoms with Crippen molar-refractivity contribution in [3.8, 4) is 11.3 Å². The first-order valence-electron chi connectivity index (χ1n) is 15.7. The van der Waals surface area contributed by atoms with Crippen LogP contribution in [0.3, 0.4) is 0 Å². The van der Waals surface area contributed by atoms with E-state index in [-0.39, 0.29) is 41.4 Å². The van der Waals surface area contributed by atoms with Gasteiger partial charge >= 0.3 is 5.97 Å². The van der Waals surface area contributed by atoms with Gasteiger partial charge in [0.1, 0.15) is 5.69 Å². The van der Waals surface area contributed by atoms with Crippen LogP contribution in [0.15, 0.2) is 52.2 Å². The SMILES string of the molecule is O=C(O)CCn1cccc(-c2nc3ccccc3n([C@H]3C[C@H]4CCC[C@@H](C3)N4[C@H]3C[C@@H]4CCC[C@@H](C4)C3)c2=O)c1=O. The van der Waals surface area contributed by atoms with E-state index in [2.05, 4.69) is 4.90 Å². The van der Waals surface area contributed by atoms with Gasteiger partial charge in [0.2, 0.25) is 0 Å². The summed E-state index contributed by atoms with van der Waals surface area (Å²) in [6.07, 6.45) is 15.3. The maximum Gasteiger partial charge on any atom is 0.305 e. The minimum Gasteiger partial charge on any atom is -0.481 e. The lowest BCUT2D eigenvalue weighted by molar-refractivity contribution is -0.137. The highest BCUT2D eigenvalue weighted by Crippen LogP contribution is 2.47. The number of aryl methyl sites for hydroxylation is 1. The molecule has 4 fully saturated rings. The highest BCUT2D eigenvalue weighted by molar-refractivity contribution is 5.78. The van der Waals surface area contributed by atoms with Crippen LogP contribution in [0.4, 0.5) is 0 Å². The van der Waals surface area contributed by atoms with Crippen LogP contribution < -0.4 is 11.1 Å². The molecule has 1 N–H and O–H groups in total. The number of piperidine rings is 2. The third-order valence-electron chi connectivity index (χ3n) is 10.5. The lowest BCUT2D eigenvalue weighted by atomic mass is 9.68. The first kappa shape index (κ1) is 26.6. The number of aliphatic carboxylic acids is 1. The van der Waals surface area contributed by atoms with E-state index in [1.54, 1.807) is 18.3 Å². The molecule has 2 aliphatic heterocycles. The summed E-state index contributed by atoms with van der Waals surface area (Å²) in [6, 6.07) is 12.8. The molecule has 3 aromatic rings. The molecular formula is C33H40N4O4. The van der Waals surface area contributed by atoms with Gasteiger partial charge in [-0.2, -0.15) is 0 Å². The van der Waals surface area contributed by atoms with Crippen molar-refractivity contribution in [2.24, 2.45) is 11.8 Å². The fraction of sp³-hybridized carbons (Fsp3) is 0.576. The molecule has 0 unspecified atom stereocenters. The minimum atomic E-state index is -0.971. The normalized spacial score (nSPS) is 29.9. The zero-order chi connectivity index (χ0) is 28.1. The molecule has 2 aromatic heterocycles. The van der Waals surface area contributed by atoms with Gasteiger partial charge in [-0.25, -0.2) is 4.98 Å². The molecule has 8 nitrogen and oxygen atoms in total. The standard InChI is InChI=1S/C33H40N4O4/c38-30(39)13-15-35-14-5-10-27(32(35)40)31-33(41)37(29-12-2-1-11-28(29)34-31)26-19-23-8-4-9-24(20-26)36(23)25-17-21-6-3-7-22(16-21)18-25/h1-2,5,10-12,14,21-26H,3-4,6-9,13,15-20H2,(H,38,39)/t21-,22+,23-,24+,25+,26+. The molecular weight excluding hydrogens is 516 g/mol. The summed E-state index contributed by atoms with van der Waals surface area (Å²) in [7, 11) is 0. The number of hydrogen-bond donors (Lipinski definition) is 1. The van der Waals surface area contributed by atoms with Crippen molar-refractivity contribution in [1.82, 2.24) is 19.0 Å². The quantitative estimate of drug-likeness (QED) is 0.447. The summed E-state index contributed by atoms with van der Waals surface area (Å²) in [5, 5.41) is 9.12. The summed E-state index contributed by atoms with van der Waals surface area (Å²) in [6.45, 7) is 0.0501. The summed E-state index contributed by atoms with van der Waals surface area (Å²) >= 11 is 0. The Bertz CT molecular complexity index is 1550. The number of hydrogen-bond acceptors (Lipinski definition) is 5. The van der Waals surface area contributed by atoms with Gasteiger partial charge in [0.25, 0.3) is 11.1 Å². The summed E-state index contributed by atoms with van der Waals surface area (Å²) in [5.41, 5.74) is 1.32. The van der Waals surface area contributed by atoms with Crippen LogP contribution in [0.5, 0.6) is 0 Å². The van der Waals surface area contributed by atoms with Gasteiger partial charge in [0.15, 0.2) is 0 Å². The highest BCUT2D eigenvalue weighted by atomic mass is 16.4. The maximum absolute atomic E-state index is 14.3. The molecule has 2 saturated carbocycles. The van der Waals surface area contributed by atoms with Crippen LogP contribution in [0, 0.1) is 11.8 Å². The van der Waals surface area contributed by atoms with E-state index in [0.717, 1.165) is 30.2 Å². The van der Waals surface area contributed by atoms with Gasteiger partial charge in [-0.3, -0.25) is 19.3 Å². The van der Waals surface area contributed by atoms with Gasteiger partial charge in [0, 0.05) is 36.9 Å². The number of benzene rings is 1. The number of carboxylic acid groups (broad SMARTS) is 1. The van der Waals surface area contributed by atoms with Crippen molar-refractivity contribution < 1.29 is 9.90 Å². The van der Waals surface area contributed by atoms with Gasteiger partial charge in [-0.1, -0.05) is 37.8 Å². The number of aromatic nitrogens is 3. The van der Waals surface area contributed by atoms with Crippen LogP contribution in [0.25, 0.3) is 22.3 Å². The van der Waals surface area contributed by atoms with Crippen molar-refractivity contribution in [2.75, 3.05) is 0 Å². The Balaban J connectivity index is 1.26. The Morgan fingerprint density at radius 1 is 0.805 bits per heavy atom. The van der Waals surface area contributed by atoms with Crippen molar-refractivity contribution >= 4 is 17.0 Å². The fourth-order valence-corrected chi connectivity index (χ4v) is 8.94. The zero-order valence-electron chi connectivity index (χ0n) is 23.7. The van der Waals surface area contributed by atoms with Crippen LogP contribution in [-0.2, 0) is 11.3 Å². The predicted octanol–water partition coefficient (Wildman–Crippen LogP) is 5.23. The first-order chi connectivity index (χ1) is 20.0. The lowest BCUT2D eigenvalue weighted by Crippen LogP contribution is -2.58. The second-order valence-corrected chi connectivity index (χ2v) is 13.0. The van der Waals surface area contributed by atoms with Gasteiger partial charge in [-0.15, -0.1) is 0 Å². The topological polar surface area (TPSA) is 97.4 Å². The molecule has 216 valence electrons. The number of rotatable bonds is 6. The van der Waals surface area contributed by atoms with Crippen molar-refractivity contribution in [1.29, 1.82) is 0 Å². The Labute approximate surface area is 240 Å². The molecule has 0 amide bonds. The number of carbonyl (C=O) groups is 1. The third-order valence-corrected chi connectivity index (χ3v) is 10.5. The van der Waals surface area contributed by atoms with E-state index in [0.29, 0.717) is 23.6 Å².